The normalized spacial score (nSPS) is 10.3. The molecule has 5 nitrogen and oxygen atoms in total. The van der Waals surface area contributed by atoms with Crippen LogP contribution in [0.15, 0.2) is 42.5 Å². The van der Waals surface area contributed by atoms with Crippen LogP contribution in [0, 0.1) is 5.82 Å². The molecule has 7 heteroatoms. The average molecular weight is 350 g/mol. The Balaban J connectivity index is 2.15. The number of nitrogens with zero attached hydrogens (tertiary/aromatic N) is 1. The lowest BCUT2D eigenvalue weighted by Crippen LogP contribution is -2.34. The molecule has 0 atom stereocenters. The van der Waals surface area contributed by atoms with Crippen molar-refractivity contribution in [3.8, 4) is 0 Å². The van der Waals surface area contributed by atoms with E-state index in [9.17, 15) is 14.0 Å². The monoisotopic (exact) mass is 349 g/mol. The molecule has 2 rings (SSSR count). The van der Waals surface area contributed by atoms with Crippen LogP contribution in [0.5, 0.6) is 0 Å². The molecule has 0 saturated carbocycles. The van der Waals surface area contributed by atoms with Gasteiger partial charge >= 0.3 is 6.03 Å². The topological polar surface area (TPSA) is 75.4 Å². The highest BCUT2D eigenvalue weighted by molar-refractivity contribution is 6.33. The number of urea groups is 1. The minimum Gasteiger partial charge on any atom is -0.366 e. The van der Waals surface area contributed by atoms with Crippen LogP contribution < -0.4 is 11.1 Å². The molecule has 0 aliphatic carbocycles. The largest absolute Gasteiger partial charge is 0.366 e. The fourth-order valence-electron chi connectivity index (χ4n) is 2.15. The van der Waals surface area contributed by atoms with E-state index in [2.05, 4.69) is 5.32 Å². The van der Waals surface area contributed by atoms with Gasteiger partial charge in [0.1, 0.15) is 5.82 Å². The molecule has 0 aromatic heterocycles. The molecule has 0 unspecified atom stereocenters. The Morgan fingerprint density at radius 3 is 2.62 bits per heavy atom. The summed E-state index contributed by atoms with van der Waals surface area (Å²) in [6.07, 6.45) is 0. The van der Waals surface area contributed by atoms with Gasteiger partial charge in [-0.25, -0.2) is 9.18 Å². The molecule has 3 amide bonds. The number of benzene rings is 2. The van der Waals surface area contributed by atoms with Crippen LogP contribution in [0.2, 0.25) is 5.02 Å². The standard InChI is InChI=1S/C17H17ClFN3O2/c1-2-22(10-11-4-3-5-13(19)8-11)17(24)21-15-9-12(16(20)23)6-7-14(15)18/h3-9H,2,10H2,1H3,(H2,20,23)(H,21,24). The summed E-state index contributed by atoms with van der Waals surface area (Å²) in [5, 5.41) is 2.93. The van der Waals surface area contributed by atoms with E-state index in [1.165, 1.54) is 35.2 Å². The van der Waals surface area contributed by atoms with Gasteiger partial charge in [-0.1, -0.05) is 23.7 Å². The van der Waals surface area contributed by atoms with Crippen LogP contribution >= 0.6 is 11.6 Å². The summed E-state index contributed by atoms with van der Waals surface area (Å²) >= 11 is 6.04. The number of halogens is 2. The number of amides is 3. The number of hydrogen-bond donors (Lipinski definition) is 2. The van der Waals surface area contributed by atoms with Gasteiger partial charge in [0, 0.05) is 18.7 Å². The third-order valence-corrected chi connectivity index (χ3v) is 3.75. The van der Waals surface area contributed by atoms with Gasteiger partial charge in [0.05, 0.1) is 10.7 Å². The SMILES string of the molecule is CCN(Cc1cccc(F)c1)C(=O)Nc1cc(C(N)=O)ccc1Cl. The van der Waals surface area contributed by atoms with E-state index in [-0.39, 0.29) is 28.6 Å². The molecule has 3 N–H and O–H groups in total. The van der Waals surface area contributed by atoms with Crippen molar-refractivity contribution in [2.75, 3.05) is 11.9 Å². The van der Waals surface area contributed by atoms with Crippen LogP contribution in [0.25, 0.3) is 0 Å². The molecule has 0 aliphatic rings. The number of anilines is 1. The van der Waals surface area contributed by atoms with Crippen molar-refractivity contribution in [1.82, 2.24) is 4.90 Å². The molecule has 0 bridgehead atoms. The van der Waals surface area contributed by atoms with Crippen molar-refractivity contribution in [3.05, 3.63) is 64.4 Å². The smallest absolute Gasteiger partial charge is 0.322 e. The summed E-state index contributed by atoms with van der Waals surface area (Å²) < 4.78 is 13.3. The summed E-state index contributed by atoms with van der Waals surface area (Å²) in [4.78, 5) is 25.1. The third kappa shape index (κ3) is 4.45. The quantitative estimate of drug-likeness (QED) is 0.864. The average Bonchev–Trinajstić information content (AvgIpc) is 2.54. The maximum atomic E-state index is 13.3. The highest BCUT2D eigenvalue weighted by Crippen LogP contribution is 2.23. The van der Waals surface area contributed by atoms with Crippen LogP contribution in [0.3, 0.4) is 0 Å². The van der Waals surface area contributed by atoms with E-state index >= 15 is 0 Å². The second kappa shape index (κ2) is 7.79. The molecule has 24 heavy (non-hydrogen) atoms. The highest BCUT2D eigenvalue weighted by atomic mass is 35.5. The predicted octanol–water partition coefficient (Wildman–Crippen LogP) is 3.63. The summed E-state index contributed by atoms with van der Waals surface area (Å²) in [6, 6.07) is 10.0. The Hall–Kier alpha value is -2.60. The fraction of sp³-hybridized carbons (Fsp3) is 0.176. The van der Waals surface area contributed by atoms with E-state index < -0.39 is 11.9 Å². The fourth-order valence-corrected chi connectivity index (χ4v) is 2.32. The van der Waals surface area contributed by atoms with Gasteiger partial charge < -0.3 is 16.0 Å². The van der Waals surface area contributed by atoms with Gasteiger partial charge in [-0.3, -0.25) is 4.79 Å². The molecule has 0 saturated heterocycles. The van der Waals surface area contributed by atoms with Crippen LogP contribution in [0.4, 0.5) is 14.9 Å². The predicted molar refractivity (Wildman–Crippen MR) is 91.5 cm³/mol. The lowest BCUT2D eigenvalue weighted by molar-refractivity contribution is 0.1000. The molecule has 0 spiro atoms. The first-order valence-electron chi connectivity index (χ1n) is 7.30. The van der Waals surface area contributed by atoms with E-state index in [1.54, 1.807) is 19.1 Å². The van der Waals surface area contributed by atoms with Crippen molar-refractivity contribution in [1.29, 1.82) is 0 Å². The molecule has 126 valence electrons. The van der Waals surface area contributed by atoms with Crippen LogP contribution in [-0.4, -0.2) is 23.4 Å². The number of hydrogen-bond acceptors (Lipinski definition) is 2. The van der Waals surface area contributed by atoms with Gasteiger partial charge in [0.2, 0.25) is 5.91 Å². The first-order chi connectivity index (χ1) is 11.4. The Kier molecular flexibility index (Phi) is 5.76. The van der Waals surface area contributed by atoms with Crippen LogP contribution in [0.1, 0.15) is 22.8 Å². The second-order valence-corrected chi connectivity index (χ2v) is 5.54. The highest BCUT2D eigenvalue weighted by Gasteiger charge is 2.15. The molecule has 2 aromatic carbocycles. The molecule has 2 aromatic rings. The summed E-state index contributed by atoms with van der Waals surface area (Å²) in [5.74, 6) is -0.976. The molecule has 0 fully saturated rings. The zero-order valence-electron chi connectivity index (χ0n) is 13.1. The Bertz CT molecular complexity index is 767. The summed E-state index contributed by atoms with van der Waals surface area (Å²) in [6.45, 7) is 2.46. The van der Waals surface area contributed by atoms with Crippen molar-refractivity contribution in [2.45, 2.75) is 13.5 Å². The lowest BCUT2D eigenvalue weighted by Gasteiger charge is -2.22. The first kappa shape index (κ1) is 17.7. The van der Waals surface area contributed by atoms with E-state index in [1.807, 2.05) is 0 Å². The third-order valence-electron chi connectivity index (χ3n) is 3.42. The molecule has 0 radical (unpaired) electrons. The second-order valence-electron chi connectivity index (χ2n) is 5.13. The van der Waals surface area contributed by atoms with E-state index in [0.717, 1.165) is 0 Å². The number of rotatable bonds is 5. The Labute approximate surface area is 144 Å². The number of carbonyl (C=O) groups is 2. The minimum absolute atomic E-state index is 0.239. The summed E-state index contributed by atoms with van der Waals surface area (Å²) in [7, 11) is 0. The van der Waals surface area contributed by atoms with E-state index in [4.69, 9.17) is 17.3 Å². The maximum Gasteiger partial charge on any atom is 0.322 e. The van der Waals surface area contributed by atoms with Crippen LogP contribution in [-0.2, 0) is 6.54 Å². The van der Waals surface area contributed by atoms with Gasteiger partial charge in [0.15, 0.2) is 0 Å². The van der Waals surface area contributed by atoms with Crippen molar-refractivity contribution in [2.24, 2.45) is 5.73 Å². The van der Waals surface area contributed by atoms with Gasteiger partial charge in [-0.2, -0.15) is 0 Å². The lowest BCUT2D eigenvalue weighted by atomic mass is 10.2. The Morgan fingerprint density at radius 2 is 2.00 bits per heavy atom. The van der Waals surface area contributed by atoms with Crippen molar-refractivity contribution < 1.29 is 14.0 Å². The zero-order valence-corrected chi connectivity index (χ0v) is 13.8. The molecule has 0 aliphatic heterocycles. The van der Waals surface area contributed by atoms with Gasteiger partial charge in [0.25, 0.3) is 0 Å². The Morgan fingerprint density at radius 1 is 1.25 bits per heavy atom. The summed E-state index contributed by atoms with van der Waals surface area (Å²) in [5.41, 5.74) is 6.42. The zero-order chi connectivity index (χ0) is 17.7. The van der Waals surface area contributed by atoms with Crippen molar-refractivity contribution >= 4 is 29.2 Å². The molecular formula is C17H17ClFN3O2. The first-order valence-corrected chi connectivity index (χ1v) is 7.68. The minimum atomic E-state index is -0.616. The molecular weight excluding hydrogens is 333 g/mol. The van der Waals surface area contributed by atoms with Gasteiger partial charge in [-0.05, 0) is 42.8 Å². The maximum absolute atomic E-state index is 13.3. The number of carbonyl (C=O) groups excluding carboxylic acids is 2. The van der Waals surface area contributed by atoms with Crippen molar-refractivity contribution in [3.63, 3.8) is 0 Å². The number of primary amides is 1. The number of nitrogens with one attached hydrogen (secondary N) is 1. The van der Waals surface area contributed by atoms with Gasteiger partial charge in [-0.15, -0.1) is 0 Å². The molecule has 0 heterocycles. The number of nitrogens with two attached hydrogens (primary N) is 1. The van der Waals surface area contributed by atoms with E-state index in [0.29, 0.717) is 12.1 Å².